The van der Waals surface area contributed by atoms with E-state index >= 15 is 0 Å². The van der Waals surface area contributed by atoms with Crippen LogP contribution in [-0.4, -0.2) is 17.2 Å². The second-order valence-corrected chi connectivity index (χ2v) is 7.35. The predicted octanol–water partition coefficient (Wildman–Crippen LogP) is 4.94. The van der Waals surface area contributed by atoms with Crippen LogP contribution in [-0.2, 0) is 5.31 Å². The third-order valence-corrected chi connectivity index (χ3v) is 5.33. The number of hydrogen-bond acceptors (Lipinski definition) is 3. The Kier molecular flexibility index (Phi) is 6.07. The Morgan fingerprint density at radius 1 is 0.950 bits per heavy atom. The van der Waals surface area contributed by atoms with E-state index in [0.29, 0.717) is 5.92 Å². The largest absolute Gasteiger partial charge is 0.225 e. The second-order valence-electron chi connectivity index (χ2n) is 6.60. The van der Waals surface area contributed by atoms with Gasteiger partial charge in [0, 0.05) is 5.92 Å². The lowest BCUT2D eigenvalue weighted by Crippen LogP contribution is -2.26. The van der Waals surface area contributed by atoms with Crippen molar-refractivity contribution in [1.82, 2.24) is 9.36 Å². The number of hydrogen-bond donors (Lipinski definition) is 0. The van der Waals surface area contributed by atoms with Gasteiger partial charge in [0.15, 0.2) is 0 Å². The fourth-order valence-corrected chi connectivity index (χ4v) is 3.90. The minimum absolute atomic E-state index is 0.227. The summed E-state index contributed by atoms with van der Waals surface area (Å²) >= 11 is 1.53. The molecule has 0 aromatic carbocycles. The monoisotopic (exact) mass is 290 g/mol. The third-order valence-electron chi connectivity index (χ3n) is 4.38. The van der Waals surface area contributed by atoms with Crippen LogP contribution in [0.4, 0.5) is 0 Å². The molecule has 1 aromatic rings. The van der Waals surface area contributed by atoms with Gasteiger partial charge in [-0.15, -0.1) is 0 Å². The van der Waals surface area contributed by atoms with Crippen LogP contribution in [0, 0.1) is 0 Å². The van der Waals surface area contributed by atoms with E-state index in [-0.39, 0.29) is 5.31 Å². The molecule has 2 rings (SSSR count). The molecule has 4 heteroatoms. The van der Waals surface area contributed by atoms with Crippen molar-refractivity contribution < 1.29 is 0 Å². The molecule has 0 amide bonds. The summed E-state index contributed by atoms with van der Waals surface area (Å²) < 4.78 is 4.50. The summed E-state index contributed by atoms with van der Waals surface area (Å²) in [4.78, 5) is 4.74. The van der Waals surface area contributed by atoms with Crippen LogP contribution in [0.2, 0.25) is 0 Å². The highest BCUT2D eigenvalue weighted by molar-refractivity contribution is 7.05. The highest BCUT2D eigenvalue weighted by Gasteiger charge is 2.29. The van der Waals surface area contributed by atoms with E-state index in [1.165, 1.54) is 62.9 Å². The smallest absolute Gasteiger partial charge is 0.145 e. The van der Waals surface area contributed by atoms with Crippen molar-refractivity contribution in [2.45, 2.75) is 89.3 Å². The molecule has 0 N–H and O–H groups in total. The minimum Gasteiger partial charge on any atom is -0.225 e. The zero-order valence-corrected chi connectivity index (χ0v) is 13.8. The molecule has 1 saturated carbocycles. The van der Waals surface area contributed by atoms with E-state index in [9.17, 15) is 0 Å². The molecule has 1 aliphatic rings. The van der Waals surface area contributed by atoms with Crippen LogP contribution in [0.3, 0.4) is 0 Å². The SMILES string of the molecule is [B]C1(c2nc(C(C)C)ns2)CCCCCCCCCC1. The Balaban J connectivity index is 2.09. The first-order valence-corrected chi connectivity index (χ1v) is 9.02. The van der Waals surface area contributed by atoms with Gasteiger partial charge in [-0.3, -0.25) is 0 Å². The van der Waals surface area contributed by atoms with Crippen molar-refractivity contribution in [3.8, 4) is 0 Å². The van der Waals surface area contributed by atoms with Gasteiger partial charge in [0.25, 0.3) is 0 Å². The number of aromatic nitrogens is 2. The molecular weight excluding hydrogens is 263 g/mol. The Morgan fingerprint density at radius 2 is 1.45 bits per heavy atom. The molecule has 0 atom stereocenters. The molecule has 2 nitrogen and oxygen atoms in total. The van der Waals surface area contributed by atoms with Gasteiger partial charge in [-0.2, -0.15) is 4.37 Å². The fraction of sp³-hybridized carbons (Fsp3) is 0.875. The van der Waals surface area contributed by atoms with Crippen LogP contribution >= 0.6 is 11.5 Å². The number of nitrogens with zero attached hydrogens (tertiary/aromatic N) is 2. The lowest BCUT2D eigenvalue weighted by Gasteiger charge is -2.27. The van der Waals surface area contributed by atoms with Gasteiger partial charge < -0.3 is 0 Å². The van der Waals surface area contributed by atoms with Crippen molar-refractivity contribution in [3.05, 3.63) is 10.8 Å². The van der Waals surface area contributed by atoms with Crippen LogP contribution in [0.5, 0.6) is 0 Å². The van der Waals surface area contributed by atoms with E-state index in [1.807, 2.05) is 0 Å². The van der Waals surface area contributed by atoms with Crippen molar-refractivity contribution in [2.24, 2.45) is 0 Å². The molecule has 0 bridgehead atoms. The average Bonchev–Trinajstić information content (AvgIpc) is 2.89. The van der Waals surface area contributed by atoms with Crippen molar-refractivity contribution in [2.75, 3.05) is 0 Å². The molecule has 20 heavy (non-hydrogen) atoms. The van der Waals surface area contributed by atoms with Gasteiger partial charge in [0.2, 0.25) is 0 Å². The van der Waals surface area contributed by atoms with Crippen molar-refractivity contribution in [1.29, 1.82) is 0 Å². The van der Waals surface area contributed by atoms with Gasteiger partial charge in [-0.25, -0.2) is 4.98 Å². The normalized spacial score (nSPS) is 21.6. The first-order chi connectivity index (χ1) is 9.62. The summed E-state index contributed by atoms with van der Waals surface area (Å²) in [5.41, 5.74) is 0. The summed E-state index contributed by atoms with van der Waals surface area (Å²) in [6.07, 6.45) is 12.7. The maximum atomic E-state index is 6.74. The molecule has 0 unspecified atom stereocenters. The molecule has 1 aromatic heterocycles. The molecule has 2 radical (unpaired) electrons. The lowest BCUT2D eigenvalue weighted by atomic mass is 9.63. The first kappa shape index (κ1) is 16.0. The first-order valence-electron chi connectivity index (χ1n) is 8.25. The Bertz CT molecular complexity index is 391. The summed E-state index contributed by atoms with van der Waals surface area (Å²) in [6.45, 7) is 4.29. The highest BCUT2D eigenvalue weighted by Crippen LogP contribution is 2.35. The van der Waals surface area contributed by atoms with Gasteiger partial charge in [-0.05, 0) is 29.7 Å². The third kappa shape index (κ3) is 4.31. The van der Waals surface area contributed by atoms with Crippen molar-refractivity contribution in [3.63, 3.8) is 0 Å². The van der Waals surface area contributed by atoms with E-state index in [1.54, 1.807) is 0 Å². The molecule has 0 saturated heterocycles. The quantitative estimate of drug-likeness (QED) is 0.721. The minimum atomic E-state index is -0.227. The van der Waals surface area contributed by atoms with Gasteiger partial charge in [-0.1, -0.05) is 65.2 Å². The van der Waals surface area contributed by atoms with Crippen LogP contribution in [0.1, 0.15) is 94.8 Å². The highest BCUT2D eigenvalue weighted by atomic mass is 32.1. The summed E-state index contributed by atoms with van der Waals surface area (Å²) in [6, 6.07) is 0. The van der Waals surface area contributed by atoms with Gasteiger partial charge >= 0.3 is 0 Å². The summed E-state index contributed by atoms with van der Waals surface area (Å²) in [5.74, 6) is 1.36. The lowest BCUT2D eigenvalue weighted by molar-refractivity contribution is 0.459. The molecule has 0 aliphatic heterocycles. The maximum absolute atomic E-state index is 6.74. The average molecular weight is 290 g/mol. The Labute approximate surface area is 129 Å². The van der Waals surface area contributed by atoms with Gasteiger partial charge in [0.05, 0.1) is 7.85 Å². The summed E-state index contributed by atoms with van der Waals surface area (Å²) in [7, 11) is 6.74. The van der Waals surface area contributed by atoms with Crippen molar-refractivity contribution >= 4 is 19.4 Å². The molecule has 1 fully saturated rings. The Hall–Kier alpha value is -0.375. The topological polar surface area (TPSA) is 25.8 Å². The maximum Gasteiger partial charge on any atom is 0.145 e. The standard InChI is InChI=1S/C16H27BN2S/c1-13(2)14-18-15(20-19-14)16(17)11-9-7-5-3-4-6-8-10-12-16/h13H,3-12H2,1-2H3. The number of rotatable bonds is 2. The zero-order valence-electron chi connectivity index (χ0n) is 13.0. The molecule has 110 valence electrons. The second kappa shape index (κ2) is 7.58. The van der Waals surface area contributed by atoms with Crippen LogP contribution in [0.15, 0.2) is 0 Å². The van der Waals surface area contributed by atoms with Gasteiger partial charge in [0.1, 0.15) is 10.8 Å². The van der Waals surface area contributed by atoms with E-state index in [4.69, 9.17) is 12.8 Å². The van der Waals surface area contributed by atoms with E-state index < -0.39 is 0 Å². The Morgan fingerprint density at radius 3 is 1.90 bits per heavy atom. The summed E-state index contributed by atoms with van der Waals surface area (Å²) in [5, 5.41) is 0.843. The van der Waals surface area contributed by atoms with E-state index in [2.05, 4.69) is 18.2 Å². The van der Waals surface area contributed by atoms with Crippen LogP contribution in [0.25, 0.3) is 0 Å². The molecule has 0 spiro atoms. The molecule has 1 aliphatic carbocycles. The molecule has 1 heterocycles. The predicted molar refractivity (Wildman–Crippen MR) is 87.6 cm³/mol. The van der Waals surface area contributed by atoms with E-state index in [0.717, 1.165) is 23.7 Å². The fourth-order valence-electron chi connectivity index (χ4n) is 2.95. The zero-order chi connectivity index (χ0) is 14.4. The van der Waals surface area contributed by atoms with Crippen LogP contribution < -0.4 is 0 Å². The molecular formula is C16H27BN2S.